The molecule has 0 atom stereocenters. The maximum absolute atomic E-state index is 13.1. The highest BCUT2D eigenvalue weighted by Crippen LogP contribution is 2.30. The molecule has 1 saturated carbocycles. The van der Waals surface area contributed by atoms with Crippen molar-refractivity contribution in [1.29, 1.82) is 0 Å². The van der Waals surface area contributed by atoms with E-state index in [1.54, 1.807) is 35.3 Å². The lowest BCUT2D eigenvalue weighted by atomic mass is 10.1. The molecule has 0 radical (unpaired) electrons. The quantitative estimate of drug-likeness (QED) is 0.719. The summed E-state index contributed by atoms with van der Waals surface area (Å²) in [6.45, 7) is 0.495. The molecule has 0 unspecified atom stereocenters. The number of halogens is 1. The van der Waals surface area contributed by atoms with Gasteiger partial charge < -0.3 is 4.90 Å². The Hall–Kier alpha value is -3.02. The summed E-state index contributed by atoms with van der Waals surface area (Å²) in [5.41, 5.74) is 2.42. The van der Waals surface area contributed by atoms with Crippen LogP contribution in [0.15, 0.2) is 61.2 Å². The fraction of sp³-hybridized carbons (Fsp3) is 0.211. The van der Waals surface area contributed by atoms with Crippen LogP contribution in [0.25, 0.3) is 5.69 Å². The Morgan fingerprint density at radius 2 is 1.84 bits per heavy atom. The van der Waals surface area contributed by atoms with Crippen LogP contribution in [0.3, 0.4) is 0 Å². The topological polar surface area (TPSA) is 51.0 Å². The standard InChI is InChI=1S/C19H17FN4O/c20-16-5-1-14(2-6-16)11-23(17-9-10-17)19(25)15-3-7-18(8-4-15)24-13-21-12-22-24/h1-8,12-13,17H,9-11H2. The van der Waals surface area contributed by atoms with Crippen molar-refractivity contribution >= 4 is 5.91 Å². The highest BCUT2D eigenvalue weighted by molar-refractivity contribution is 5.94. The Balaban J connectivity index is 1.53. The van der Waals surface area contributed by atoms with Gasteiger partial charge in [0.2, 0.25) is 0 Å². The van der Waals surface area contributed by atoms with Gasteiger partial charge in [-0.3, -0.25) is 4.79 Å². The summed E-state index contributed by atoms with van der Waals surface area (Å²) in [4.78, 5) is 18.7. The first-order valence-corrected chi connectivity index (χ1v) is 8.21. The van der Waals surface area contributed by atoms with Gasteiger partial charge in [0, 0.05) is 18.2 Å². The first-order valence-electron chi connectivity index (χ1n) is 8.21. The van der Waals surface area contributed by atoms with Crippen molar-refractivity contribution in [3.8, 4) is 5.69 Å². The summed E-state index contributed by atoms with van der Waals surface area (Å²) in [5.74, 6) is -0.270. The number of aromatic nitrogens is 3. The molecule has 126 valence electrons. The smallest absolute Gasteiger partial charge is 0.254 e. The minimum atomic E-state index is -0.267. The van der Waals surface area contributed by atoms with Crippen LogP contribution in [0.1, 0.15) is 28.8 Å². The molecule has 0 aliphatic heterocycles. The fourth-order valence-corrected chi connectivity index (χ4v) is 2.80. The van der Waals surface area contributed by atoms with E-state index >= 15 is 0 Å². The van der Waals surface area contributed by atoms with Crippen molar-refractivity contribution in [3.05, 3.63) is 78.1 Å². The highest BCUT2D eigenvalue weighted by Gasteiger charge is 2.33. The average Bonchev–Trinajstić information content (AvgIpc) is 3.34. The van der Waals surface area contributed by atoms with Gasteiger partial charge >= 0.3 is 0 Å². The number of rotatable bonds is 5. The molecule has 0 bridgehead atoms. The van der Waals surface area contributed by atoms with Gasteiger partial charge in [-0.1, -0.05) is 12.1 Å². The van der Waals surface area contributed by atoms with Crippen LogP contribution in [-0.4, -0.2) is 31.6 Å². The molecule has 1 aliphatic carbocycles. The molecule has 25 heavy (non-hydrogen) atoms. The van der Waals surface area contributed by atoms with Gasteiger partial charge in [0.1, 0.15) is 18.5 Å². The van der Waals surface area contributed by atoms with Gasteiger partial charge in [0.25, 0.3) is 5.91 Å². The summed E-state index contributed by atoms with van der Waals surface area (Å²) >= 11 is 0. The molecule has 1 amide bonds. The molecule has 4 rings (SSSR count). The average molecular weight is 336 g/mol. The van der Waals surface area contributed by atoms with Gasteiger partial charge in [0.05, 0.1) is 5.69 Å². The molecule has 0 spiro atoms. The predicted octanol–water partition coefficient (Wildman–Crippen LogP) is 3.21. The van der Waals surface area contributed by atoms with Crippen molar-refractivity contribution < 1.29 is 9.18 Å². The Kier molecular flexibility index (Phi) is 4.01. The fourth-order valence-electron chi connectivity index (χ4n) is 2.80. The third kappa shape index (κ3) is 3.42. The second-order valence-electron chi connectivity index (χ2n) is 6.18. The second kappa shape index (κ2) is 6.47. The molecule has 2 aromatic carbocycles. The van der Waals surface area contributed by atoms with Crippen molar-refractivity contribution in [2.75, 3.05) is 0 Å². The first-order chi connectivity index (χ1) is 12.2. The summed E-state index contributed by atoms with van der Waals surface area (Å²) in [6.07, 6.45) is 5.12. The van der Waals surface area contributed by atoms with Crippen LogP contribution in [-0.2, 0) is 6.54 Å². The molecule has 1 fully saturated rings. The Bertz CT molecular complexity index is 855. The lowest BCUT2D eigenvalue weighted by Gasteiger charge is -2.23. The highest BCUT2D eigenvalue weighted by atomic mass is 19.1. The van der Waals surface area contributed by atoms with E-state index < -0.39 is 0 Å². The van der Waals surface area contributed by atoms with E-state index in [1.807, 2.05) is 17.0 Å². The molecule has 1 heterocycles. The maximum atomic E-state index is 13.1. The van der Waals surface area contributed by atoms with Gasteiger partial charge in [-0.25, -0.2) is 14.1 Å². The number of nitrogens with zero attached hydrogens (tertiary/aromatic N) is 4. The van der Waals surface area contributed by atoms with Gasteiger partial charge in [-0.05, 0) is 54.8 Å². The minimum Gasteiger partial charge on any atom is -0.331 e. The van der Waals surface area contributed by atoms with Crippen LogP contribution in [0, 0.1) is 5.82 Å². The molecule has 5 nitrogen and oxygen atoms in total. The van der Waals surface area contributed by atoms with E-state index in [0.717, 1.165) is 24.1 Å². The van der Waals surface area contributed by atoms with Crippen LogP contribution in [0.5, 0.6) is 0 Å². The largest absolute Gasteiger partial charge is 0.331 e. The molecular formula is C19H17FN4O. The number of hydrogen-bond acceptors (Lipinski definition) is 3. The van der Waals surface area contributed by atoms with E-state index in [4.69, 9.17) is 0 Å². The number of hydrogen-bond donors (Lipinski definition) is 0. The van der Waals surface area contributed by atoms with Crippen molar-refractivity contribution in [2.45, 2.75) is 25.4 Å². The minimum absolute atomic E-state index is 0.00281. The van der Waals surface area contributed by atoms with Crippen molar-refractivity contribution in [3.63, 3.8) is 0 Å². The molecule has 1 aliphatic rings. The summed E-state index contributed by atoms with van der Waals surface area (Å²) in [6, 6.07) is 13.9. The molecule has 0 saturated heterocycles. The monoisotopic (exact) mass is 336 g/mol. The maximum Gasteiger partial charge on any atom is 0.254 e. The van der Waals surface area contributed by atoms with Gasteiger partial charge in [0.15, 0.2) is 0 Å². The van der Waals surface area contributed by atoms with Crippen LogP contribution in [0.4, 0.5) is 4.39 Å². The molecule has 0 N–H and O–H groups in total. The third-order valence-electron chi connectivity index (χ3n) is 4.31. The Morgan fingerprint density at radius 3 is 2.44 bits per heavy atom. The van der Waals surface area contributed by atoms with Crippen LogP contribution in [0.2, 0.25) is 0 Å². The molecule has 1 aromatic heterocycles. The SMILES string of the molecule is O=C(c1ccc(-n2cncn2)cc1)N(Cc1ccc(F)cc1)C1CC1. The van der Waals surface area contributed by atoms with Gasteiger partial charge in [-0.2, -0.15) is 5.10 Å². The summed E-state index contributed by atoms with van der Waals surface area (Å²) in [5, 5.41) is 4.08. The predicted molar refractivity (Wildman–Crippen MR) is 90.7 cm³/mol. The van der Waals surface area contributed by atoms with E-state index in [1.165, 1.54) is 18.5 Å². The lowest BCUT2D eigenvalue weighted by molar-refractivity contribution is 0.0730. The zero-order chi connectivity index (χ0) is 17.2. The lowest BCUT2D eigenvalue weighted by Crippen LogP contribution is -2.32. The number of carbonyl (C=O) groups is 1. The van der Waals surface area contributed by atoms with Crippen LogP contribution < -0.4 is 0 Å². The molecule has 3 aromatic rings. The van der Waals surface area contributed by atoms with Crippen molar-refractivity contribution in [1.82, 2.24) is 19.7 Å². The molecular weight excluding hydrogens is 319 g/mol. The molecule has 6 heteroatoms. The Labute approximate surface area is 144 Å². The summed E-state index contributed by atoms with van der Waals surface area (Å²) in [7, 11) is 0. The van der Waals surface area contributed by atoms with E-state index in [2.05, 4.69) is 10.1 Å². The number of amides is 1. The normalized spacial score (nSPS) is 13.6. The number of benzene rings is 2. The zero-order valence-electron chi connectivity index (χ0n) is 13.5. The van der Waals surface area contributed by atoms with Gasteiger partial charge in [-0.15, -0.1) is 0 Å². The van der Waals surface area contributed by atoms with Crippen LogP contribution >= 0.6 is 0 Å². The second-order valence-corrected chi connectivity index (χ2v) is 6.18. The first kappa shape index (κ1) is 15.5. The van der Waals surface area contributed by atoms with E-state index in [0.29, 0.717) is 12.1 Å². The van der Waals surface area contributed by atoms with E-state index in [9.17, 15) is 9.18 Å². The number of carbonyl (C=O) groups excluding carboxylic acids is 1. The zero-order valence-corrected chi connectivity index (χ0v) is 13.5. The third-order valence-corrected chi connectivity index (χ3v) is 4.31. The van der Waals surface area contributed by atoms with Crippen molar-refractivity contribution in [2.24, 2.45) is 0 Å². The Morgan fingerprint density at radius 1 is 1.12 bits per heavy atom. The van der Waals surface area contributed by atoms with E-state index in [-0.39, 0.29) is 17.8 Å². The summed E-state index contributed by atoms with van der Waals surface area (Å²) < 4.78 is 14.7.